The van der Waals surface area contributed by atoms with Crippen LogP contribution < -0.4 is 16.0 Å². The summed E-state index contributed by atoms with van der Waals surface area (Å²) in [6.07, 6.45) is 7.75. The molecule has 1 atom stereocenters. The second-order valence-electron chi connectivity index (χ2n) is 7.30. The van der Waals surface area contributed by atoms with Gasteiger partial charge in [-0.2, -0.15) is 0 Å². The van der Waals surface area contributed by atoms with Gasteiger partial charge in [0, 0.05) is 24.9 Å². The molecule has 148 valence electrons. The summed E-state index contributed by atoms with van der Waals surface area (Å²) in [7, 11) is 0. The van der Waals surface area contributed by atoms with Gasteiger partial charge in [-0.05, 0) is 43.9 Å². The summed E-state index contributed by atoms with van der Waals surface area (Å²) in [6.45, 7) is 1.45. The van der Waals surface area contributed by atoms with E-state index in [0.717, 1.165) is 45.1 Å². The first-order valence-electron chi connectivity index (χ1n) is 9.84. The highest BCUT2D eigenvalue weighted by molar-refractivity contribution is 6.34. The molecule has 1 saturated carbocycles. The van der Waals surface area contributed by atoms with Gasteiger partial charge >= 0.3 is 0 Å². The fourth-order valence-corrected chi connectivity index (χ4v) is 3.80. The molecule has 2 amide bonds. The minimum absolute atomic E-state index is 0.103. The van der Waals surface area contributed by atoms with Gasteiger partial charge in [0.15, 0.2) is 0 Å². The number of rotatable bonds is 7. The van der Waals surface area contributed by atoms with Crippen LogP contribution in [0.15, 0.2) is 18.2 Å². The van der Waals surface area contributed by atoms with Gasteiger partial charge < -0.3 is 20.7 Å². The van der Waals surface area contributed by atoms with E-state index in [0.29, 0.717) is 22.8 Å². The monoisotopic (exact) mass is 393 g/mol. The molecule has 2 fully saturated rings. The summed E-state index contributed by atoms with van der Waals surface area (Å²) in [5, 5.41) is 9.41. The van der Waals surface area contributed by atoms with Crippen molar-refractivity contribution >= 4 is 29.1 Å². The average Bonchev–Trinajstić information content (AvgIpc) is 3.20. The van der Waals surface area contributed by atoms with Crippen molar-refractivity contribution in [2.45, 2.75) is 57.1 Å². The number of amides is 2. The van der Waals surface area contributed by atoms with E-state index >= 15 is 0 Å². The van der Waals surface area contributed by atoms with Crippen LogP contribution in [-0.2, 0) is 9.53 Å². The van der Waals surface area contributed by atoms with Crippen molar-refractivity contribution in [2.75, 3.05) is 25.0 Å². The van der Waals surface area contributed by atoms with Crippen LogP contribution in [0.2, 0.25) is 5.02 Å². The van der Waals surface area contributed by atoms with Crippen LogP contribution >= 0.6 is 11.6 Å². The van der Waals surface area contributed by atoms with Crippen LogP contribution in [0, 0.1) is 0 Å². The molecule has 6 nitrogen and oxygen atoms in total. The van der Waals surface area contributed by atoms with Crippen molar-refractivity contribution in [3.63, 3.8) is 0 Å². The lowest BCUT2D eigenvalue weighted by Crippen LogP contribution is -2.36. The highest BCUT2D eigenvalue weighted by Crippen LogP contribution is 2.22. The summed E-state index contributed by atoms with van der Waals surface area (Å²) < 4.78 is 5.49. The molecule has 1 aromatic carbocycles. The molecule has 1 saturated heterocycles. The molecule has 1 aliphatic carbocycles. The number of ether oxygens (including phenoxy) is 1. The molecule has 0 aromatic heterocycles. The average molecular weight is 394 g/mol. The fourth-order valence-electron chi connectivity index (χ4n) is 3.60. The van der Waals surface area contributed by atoms with E-state index in [1.807, 2.05) is 0 Å². The van der Waals surface area contributed by atoms with E-state index in [2.05, 4.69) is 16.0 Å². The SMILES string of the molecule is O=C(CNc1ccc(Cl)c(C(=O)NC2CCCCC2)c1)NCC1CCCO1. The first kappa shape index (κ1) is 20.0. The van der Waals surface area contributed by atoms with Gasteiger partial charge in [-0.15, -0.1) is 0 Å². The van der Waals surface area contributed by atoms with Gasteiger partial charge in [-0.1, -0.05) is 30.9 Å². The van der Waals surface area contributed by atoms with Gasteiger partial charge in [0.1, 0.15) is 0 Å². The van der Waals surface area contributed by atoms with E-state index in [9.17, 15) is 9.59 Å². The lowest BCUT2D eigenvalue weighted by atomic mass is 9.95. The lowest BCUT2D eigenvalue weighted by molar-refractivity contribution is -0.119. The fraction of sp³-hybridized carbons (Fsp3) is 0.600. The predicted molar refractivity (Wildman–Crippen MR) is 106 cm³/mol. The number of carbonyl (C=O) groups excluding carboxylic acids is 2. The molecule has 1 heterocycles. The Bertz CT molecular complexity index is 656. The molecule has 2 aliphatic rings. The number of benzene rings is 1. The van der Waals surface area contributed by atoms with E-state index < -0.39 is 0 Å². The molecule has 1 aromatic rings. The number of nitrogens with one attached hydrogen (secondary N) is 3. The Labute approximate surface area is 165 Å². The third-order valence-corrected chi connectivity index (χ3v) is 5.48. The number of halogens is 1. The van der Waals surface area contributed by atoms with Gasteiger partial charge in [0.25, 0.3) is 5.91 Å². The molecule has 0 bridgehead atoms. The first-order valence-corrected chi connectivity index (χ1v) is 10.2. The summed E-state index contributed by atoms with van der Waals surface area (Å²) in [5.41, 5.74) is 1.13. The van der Waals surface area contributed by atoms with Crippen LogP contribution in [-0.4, -0.2) is 43.7 Å². The second-order valence-corrected chi connectivity index (χ2v) is 7.70. The van der Waals surface area contributed by atoms with Crippen LogP contribution in [0.3, 0.4) is 0 Å². The second kappa shape index (κ2) is 9.95. The smallest absolute Gasteiger partial charge is 0.253 e. The minimum Gasteiger partial charge on any atom is -0.376 e. The largest absolute Gasteiger partial charge is 0.376 e. The third kappa shape index (κ3) is 6.11. The van der Waals surface area contributed by atoms with Crippen LogP contribution in [0.4, 0.5) is 5.69 Å². The summed E-state index contributed by atoms with van der Waals surface area (Å²) in [5.74, 6) is -0.257. The molecule has 1 aliphatic heterocycles. The maximum atomic E-state index is 12.6. The normalized spacial score (nSPS) is 20.3. The maximum absolute atomic E-state index is 12.6. The van der Waals surface area contributed by atoms with Gasteiger partial charge in [0.2, 0.25) is 5.91 Å². The van der Waals surface area contributed by atoms with Gasteiger partial charge in [-0.25, -0.2) is 0 Å². The maximum Gasteiger partial charge on any atom is 0.253 e. The van der Waals surface area contributed by atoms with Crippen molar-refractivity contribution in [2.24, 2.45) is 0 Å². The molecule has 0 radical (unpaired) electrons. The van der Waals surface area contributed by atoms with E-state index in [1.54, 1.807) is 18.2 Å². The van der Waals surface area contributed by atoms with E-state index in [1.165, 1.54) is 6.42 Å². The Morgan fingerprint density at radius 3 is 2.67 bits per heavy atom. The molecule has 3 N–H and O–H groups in total. The van der Waals surface area contributed by atoms with Crippen LogP contribution in [0.1, 0.15) is 55.3 Å². The first-order chi connectivity index (χ1) is 13.1. The highest BCUT2D eigenvalue weighted by atomic mass is 35.5. The van der Waals surface area contributed by atoms with Crippen molar-refractivity contribution in [3.8, 4) is 0 Å². The zero-order valence-corrected chi connectivity index (χ0v) is 16.3. The van der Waals surface area contributed by atoms with Gasteiger partial charge in [-0.3, -0.25) is 9.59 Å². The van der Waals surface area contributed by atoms with E-state index in [-0.39, 0.29) is 30.5 Å². The molecule has 27 heavy (non-hydrogen) atoms. The standard InChI is InChI=1S/C20H28ClN3O3/c21-18-9-8-15(22-13-19(25)23-12-16-7-4-10-27-16)11-17(18)20(26)24-14-5-2-1-3-6-14/h8-9,11,14,16,22H,1-7,10,12-13H2,(H,23,25)(H,24,26). The number of carbonyl (C=O) groups is 2. The summed E-state index contributed by atoms with van der Waals surface area (Å²) in [6, 6.07) is 5.38. The summed E-state index contributed by atoms with van der Waals surface area (Å²) >= 11 is 6.21. The van der Waals surface area contributed by atoms with Crippen molar-refractivity contribution in [1.82, 2.24) is 10.6 Å². The van der Waals surface area contributed by atoms with E-state index in [4.69, 9.17) is 16.3 Å². The molecule has 7 heteroatoms. The Morgan fingerprint density at radius 2 is 1.93 bits per heavy atom. The summed E-state index contributed by atoms with van der Waals surface area (Å²) in [4.78, 5) is 24.5. The minimum atomic E-state index is -0.154. The van der Waals surface area contributed by atoms with Crippen LogP contribution in [0.5, 0.6) is 0 Å². The zero-order valence-electron chi connectivity index (χ0n) is 15.6. The Morgan fingerprint density at radius 1 is 1.11 bits per heavy atom. The van der Waals surface area contributed by atoms with Crippen molar-refractivity contribution in [3.05, 3.63) is 28.8 Å². The molecule has 0 spiro atoms. The Balaban J connectivity index is 1.49. The highest BCUT2D eigenvalue weighted by Gasteiger charge is 2.19. The number of hydrogen-bond donors (Lipinski definition) is 3. The molecular formula is C20H28ClN3O3. The predicted octanol–water partition coefficient (Wildman–Crippen LogP) is 3.11. The molecule has 3 rings (SSSR count). The lowest BCUT2D eigenvalue weighted by Gasteiger charge is -2.23. The topological polar surface area (TPSA) is 79.5 Å². The third-order valence-electron chi connectivity index (χ3n) is 5.16. The molecular weight excluding hydrogens is 366 g/mol. The number of hydrogen-bond acceptors (Lipinski definition) is 4. The van der Waals surface area contributed by atoms with Crippen molar-refractivity contribution < 1.29 is 14.3 Å². The molecule has 1 unspecified atom stereocenters. The Kier molecular flexibility index (Phi) is 7.35. The quantitative estimate of drug-likeness (QED) is 0.665. The van der Waals surface area contributed by atoms with Crippen LogP contribution in [0.25, 0.3) is 0 Å². The number of anilines is 1. The Hall–Kier alpha value is -1.79. The zero-order chi connectivity index (χ0) is 19.1. The van der Waals surface area contributed by atoms with Crippen molar-refractivity contribution in [1.29, 1.82) is 0 Å². The van der Waals surface area contributed by atoms with Gasteiger partial charge in [0.05, 0.1) is 23.2 Å².